The third-order valence-electron chi connectivity index (χ3n) is 2.60. The molecule has 1 aliphatic heterocycles. The van der Waals surface area contributed by atoms with Gasteiger partial charge in [0.1, 0.15) is 0 Å². The number of alkyl halides is 1. The number of carbonyl (C=O) groups is 1. The number of nitrogens with zero attached hydrogens (tertiary/aromatic N) is 1. The molecule has 14 heavy (non-hydrogen) atoms. The van der Waals surface area contributed by atoms with Crippen LogP contribution in [0.2, 0.25) is 0 Å². The molecule has 1 atom stereocenters. The van der Waals surface area contributed by atoms with Gasteiger partial charge >= 0.3 is 0 Å². The van der Waals surface area contributed by atoms with Gasteiger partial charge in [-0.3, -0.25) is 4.79 Å². The summed E-state index contributed by atoms with van der Waals surface area (Å²) in [5.74, 6) is 0.365. The highest BCUT2D eigenvalue weighted by Crippen LogP contribution is 2.23. The van der Waals surface area contributed by atoms with E-state index in [4.69, 9.17) is 11.6 Å². The Hall–Kier alpha value is -0.280. The molecule has 0 aromatic rings. The van der Waals surface area contributed by atoms with Gasteiger partial charge in [-0.2, -0.15) is 0 Å². The molecule has 0 aromatic heterocycles. The summed E-state index contributed by atoms with van der Waals surface area (Å²) >= 11 is 5.73. The predicted molar refractivity (Wildman–Crippen MR) is 56.3 cm³/mol. The SMILES string of the molecule is CC(C)(CCl)C(=O)N1CCC[C@H](O)C1. The maximum Gasteiger partial charge on any atom is 0.229 e. The molecule has 0 bridgehead atoms. The number of carbonyl (C=O) groups excluding carboxylic acids is 1. The summed E-state index contributed by atoms with van der Waals surface area (Å²) in [4.78, 5) is 13.6. The minimum Gasteiger partial charge on any atom is -0.391 e. The summed E-state index contributed by atoms with van der Waals surface area (Å²) in [7, 11) is 0. The first-order valence-electron chi connectivity index (χ1n) is 5.01. The zero-order valence-electron chi connectivity index (χ0n) is 8.79. The second kappa shape index (κ2) is 4.49. The van der Waals surface area contributed by atoms with E-state index in [-0.39, 0.29) is 12.0 Å². The maximum atomic E-state index is 11.9. The Labute approximate surface area is 90.0 Å². The Morgan fingerprint density at radius 1 is 1.64 bits per heavy atom. The van der Waals surface area contributed by atoms with Gasteiger partial charge in [-0.15, -0.1) is 11.6 Å². The minimum atomic E-state index is -0.515. The number of aliphatic hydroxyl groups excluding tert-OH is 1. The normalized spacial score (nSPS) is 23.7. The molecular weight excluding hydrogens is 202 g/mol. The van der Waals surface area contributed by atoms with Crippen molar-refractivity contribution in [3.63, 3.8) is 0 Å². The van der Waals surface area contributed by atoms with E-state index in [2.05, 4.69) is 0 Å². The summed E-state index contributed by atoms with van der Waals surface area (Å²) in [6, 6.07) is 0. The summed E-state index contributed by atoms with van der Waals surface area (Å²) in [6.07, 6.45) is 1.31. The van der Waals surface area contributed by atoms with Crippen molar-refractivity contribution >= 4 is 17.5 Å². The molecule has 3 nitrogen and oxygen atoms in total. The van der Waals surface area contributed by atoms with Crippen molar-refractivity contribution in [3.05, 3.63) is 0 Å². The summed E-state index contributed by atoms with van der Waals surface area (Å²) < 4.78 is 0. The van der Waals surface area contributed by atoms with Crippen LogP contribution in [0.15, 0.2) is 0 Å². The first-order chi connectivity index (χ1) is 6.47. The Morgan fingerprint density at radius 3 is 2.79 bits per heavy atom. The van der Waals surface area contributed by atoms with Crippen molar-refractivity contribution in [2.75, 3.05) is 19.0 Å². The Kier molecular flexibility index (Phi) is 3.78. The summed E-state index contributed by atoms with van der Waals surface area (Å²) in [5.41, 5.74) is -0.515. The van der Waals surface area contributed by atoms with Crippen LogP contribution in [0.4, 0.5) is 0 Å². The topological polar surface area (TPSA) is 40.5 Å². The number of aliphatic hydroxyl groups is 1. The average molecular weight is 220 g/mol. The largest absolute Gasteiger partial charge is 0.391 e. The molecule has 0 spiro atoms. The summed E-state index contributed by atoms with van der Waals surface area (Å²) in [5, 5.41) is 9.44. The molecular formula is C10H18ClNO2. The number of β-amino-alcohol motifs (C(OH)–C–C–N with tert-alkyl or cyclic N) is 1. The Balaban J connectivity index is 2.60. The second-order valence-electron chi connectivity index (χ2n) is 4.56. The highest BCUT2D eigenvalue weighted by molar-refractivity contribution is 6.19. The molecule has 1 aliphatic rings. The fourth-order valence-corrected chi connectivity index (χ4v) is 1.74. The molecule has 1 saturated heterocycles. The van der Waals surface area contributed by atoms with E-state index < -0.39 is 5.41 Å². The van der Waals surface area contributed by atoms with Crippen LogP contribution in [0.3, 0.4) is 0 Å². The van der Waals surface area contributed by atoms with Crippen LogP contribution < -0.4 is 0 Å². The van der Waals surface area contributed by atoms with Crippen LogP contribution in [0.1, 0.15) is 26.7 Å². The third kappa shape index (κ3) is 2.61. The molecule has 4 heteroatoms. The standard InChI is InChI=1S/C10H18ClNO2/c1-10(2,7-11)9(14)12-5-3-4-8(13)6-12/h8,13H,3-7H2,1-2H3/t8-/m0/s1. The minimum absolute atomic E-state index is 0.0475. The smallest absolute Gasteiger partial charge is 0.229 e. The molecule has 1 heterocycles. The van der Waals surface area contributed by atoms with Gasteiger partial charge in [0.25, 0.3) is 0 Å². The molecule has 82 valence electrons. The van der Waals surface area contributed by atoms with Crippen LogP contribution in [0.25, 0.3) is 0 Å². The van der Waals surface area contributed by atoms with Gasteiger partial charge in [0.15, 0.2) is 0 Å². The van der Waals surface area contributed by atoms with E-state index in [9.17, 15) is 9.90 Å². The number of halogens is 1. The lowest BCUT2D eigenvalue weighted by atomic mass is 9.93. The van der Waals surface area contributed by atoms with E-state index >= 15 is 0 Å². The van der Waals surface area contributed by atoms with Crippen molar-refractivity contribution < 1.29 is 9.90 Å². The molecule has 0 radical (unpaired) electrons. The molecule has 0 unspecified atom stereocenters. The molecule has 1 rings (SSSR count). The van der Waals surface area contributed by atoms with E-state index in [1.165, 1.54) is 0 Å². The first-order valence-corrected chi connectivity index (χ1v) is 5.54. The second-order valence-corrected chi connectivity index (χ2v) is 4.83. The van der Waals surface area contributed by atoms with Crippen LogP contribution in [0, 0.1) is 5.41 Å². The zero-order valence-corrected chi connectivity index (χ0v) is 9.55. The third-order valence-corrected chi connectivity index (χ3v) is 3.26. The summed E-state index contributed by atoms with van der Waals surface area (Å²) in [6.45, 7) is 4.88. The van der Waals surface area contributed by atoms with Crippen molar-refractivity contribution in [1.29, 1.82) is 0 Å². The lowest BCUT2D eigenvalue weighted by molar-refractivity contribution is -0.142. The fourth-order valence-electron chi connectivity index (χ4n) is 1.62. The highest BCUT2D eigenvalue weighted by atomic mass is 35.5. The van der Waals surface area contributed by atoms with Gasteiger partial charge < -0.3 is 10.0 Å². The van der Waals surface area contributed by atoms with E-state index in [0.717, 1.165) is 19.4 Å². The average Bonchev–Trinajstić information content (AvgIpc) is 2.16. The number of hydrogen-bond donors (Lipinski definition) is 1. The zero-order chi connectivity index (χ0) is 10.8. The lowest BCUT2D eigenvalue weighted by Crippen LogP contribution is -2.48. The van der Waals surface area contributed by atoms with E-state index in [1.807, 2.05) is 13.8 Å². The molecule has 0 saturated carbocycles. The van der Waals surface area contributed by atoms with Gasteiger partial charge in [0, 0.05) is 19.0 Å². The van der Waals surface area contributed by atoms with Crippen molar-refractivity contribution in [2.24, 2.45) is 5.41 Å². The fraction of sp³-hybridized carbons (Fsp3) is 0.900. The van der Waals surface area contributed by atoms with Gasteiger partial charge in [-0.05, 0) is 26.7 Å². The number of rotatable bonds is 2. The van der Waals surface area contributed by atoms with Crippen molar-refractivity contribution in [3.8, 4) is 0 Å². The number of amides is 1. The molecule has 1 N–H and O–H groups in total. The number of likely N-dealkylation sites (tertiary alicyclic amines) is 1. The molecule has 1 fully saturated rings. The molecule has 0 aromatic carbocycles. The monoisotopic (exact) mass is 219 g/mol. The van der Waals surface area contributed by atoms with Crippen LogP contribution >= 0.6 is 11.6 Å². The molecule has 0 aliphatic carbocycles. The van der Waals surface area contributed by atoms with E-state index in [1.54, 1.807) is 4.90 Å². The van der Waals surface area contributed by atoms with Crippen molar-refractivity contribution in [1.82, 2.24) is 4.90 Å². The molecule has 1 amide bonds. The van der Waals surface area contributed by atoms with E-state index in [0.29, 0.717) is 12.4 Å². The maximum absolute atomic E-state index is 11.9. The predicted octanol–water partition coefficient (Wildman–Crippen LogP) is 1.23. The Morgan fingerprint density at radius 2 is 2.29 bits per heavy atom. The van der Waals surface area contributed by atoms with Crippen LogP contribution in [0.5, 0.6) is 0 Å². The Bertz CT molecular complexity index is 218. The van der Waals surface area contributed by atoms with Crippen molar-refractivity contribution in [2.45, 2.75) is 32.8 Å². The first kappa shape index (κ1) is 11.8. The highest BCUT2D eigenvalue weighted by Gasteiger charge is 2.33. The number of hydrogen-bond acceptors (Lipinski definition) is 2. The van der Waals surface area contributed by atoms with Gasteiger partial charge in [0.05, 0.1) is 11.5 Å². The van der Waals surface area contributed by atoms with Gasteiger partial charge in [-0.25, -0.2) is 0 Å². The lowest BCUT2D eigenvalue weighted by Gasteiger charge is -2.35. The number of piperidine rings is 1. The van der Waals surface area contributed by atoms with Gasteiger partial charge in [0.2, 0.25) is 5.91 Å². The van der Waals surface area contributed by atoms with Gasteiger partial charge in [-0.1, -0.05) is 0 Å². The van der Waals surface area contributed by atoms with Crippen LogP contribution in [-0.4, -0.2) is 41.0 Å². The quantitative estimate of drug-likeness (QED) is 0.710. The van der Waals surface area contributed by atoms with Crippen LogP contribution in [-0.2, 0) is 4.79 Å².